The summed E-state index contributed by atoms with van der Waals surface area (Å²) in [7, 11) is 0. The second-order valence-corrected chi connectivity index (χ2v) is 18.4. The van der Waals surface area contributed by atoms with Gasteiger partial charge in [-0.3, -0.25) is 0 Å². The second-order valence-electron chi connectivity index (χ2n) is 18.4. The molecule has 0 fully saturated rings. The van der Waals surface area contributed by atoms with Gasteiger partial charge in [-0.05, 0) is 177 Å². The Morgan fingerprint density at radius 3 is 0.899 bits per heavy atom. The summed E-state index contributed by atoms with van der Waals surface area (Å²) in [5.41, 5.74) is 10.6. The summed E-state index contributed by atoms with van der Waals surface area (Å²) in [5, 5.41) is 21.6. The zero-order valence-corrected chi connectivity index (χ0v) is 41.6. The summed E-state index contributed by atoms with van der Waals surface area (Å²) in [6, 6.07) is 70.5. The van der Waals surface area contributed by atoms with Gasteiger partial charge < -0.3 is 0 Å². The molecule has 0 heterocycles. The summed E-state index contributed by atoms with van der Waals surface area (Å²) >= 11 is 0. The van der Waals surface area contributed by atoms with E-state index >= 15 is 0 Å². The minimum absolute atomic E-state index is 1.32. The van der Waals surface area contributed by atoms with Crippen molar-refractivity contribution in [1.82, 2.24) is 0 Å². The van der Waals surface area contributed by atoms with Crippen molar-refractivity contribution >= 4 is 86.2 Å². The standard InChI is InChI=1S/4C16H14.C5H4/c1-11-3-7-15-13(9-11)5-6-14-10-12(2)4-8-16(14)15;1-11-3-5-13-7-8-14-6-4-12(2)10-16(14)15(13)9-11;1-11-5-3-7-15-13(11)9-10-14-12(2)6-4-8-16(14)15;1-11-6-7-13-8-9-14-12(2)4-3-5-15(14)16(13)10-11;1-3-5-4-2/h4*3-10H,1-2H3;1H,2H3. The molecular formula is C69H60. The van der Waals surface area contributed by atoms with Gasteiger partial charge in [0.2, 0.25) is 0 Å². The van der Waals surface area contributed by atoms with Crippen molar-refractivity contribution in [3.8, 4) is 24.2 Å². The monoisotopic (exact) mass is 888 g/mol. The lowest BCUT2D eigenvalue weighted by Gasteiger charge is -2.07. The molecule has 12 rings (SSSR count). The van der Waals surface area contributed by atoms with Gasteiger partial charge in [0.15, 0.2) is 0 Å². The predicted octanol–water partition coefficient (Wildman–Crippen LogP) is 19.1. The number of hydrogen-bond acceptors (Lipinski definition) is 0. The molecule has 0 aliphatic carbocycles. The smallest absolute Gasteiger partial charge is 0.00168 e. The number of benzene rings is 12. The minimum Gasteiger partial charge on any atom is -0.106 e. The van der Waals surface area contributed by atoms with Crippen LogP contribution in [0.3, 0.4) is 0 Å². The van der Waals surface area contributed by atoms with Gasteiger partial charge in [0.05, 0.1) is 0 Å². The first-order valence-corrected chi connectivity index (χ1v) is 23.9. The highest BCUT2D eigenvalue weighted by Crippen LogP contribution is 2.31. The van der Waals surface area contributed by atoms with E-state index in [1.807, 2.05) is 0 Å². The minimum atomic E-state index is 1.32. The van der Waals surface area contributed by atoms with Crippen molar-refractivity contribution in [2.75, 3.05) is 0 Å². The Morgan fingerprint density at radius 2 is 0.536 bits per heavy atom. The molecule has 0 bridgehead atoms. The highest BCUT2D eigenvalue weighted by molar-refractivity contribution is 6.11. The largest absolute Gasteiger partial charge is 0.106 e. The fourth-order valence-corrected chi connectivity index (χ4v) is 9.46. The topological polar surface area (TPSA) is 0 Å². The zero-order chi connectivity index (χ0) is 48.6. The molecule has 0 radical (unpaired) electrons. The lowest BCUT2D eigenvalue weighted by molar-refractivity contribution is 1.50. The molecule has 0 aliphatic heterocycles. The average Bonchev–Trinajstić information content (AvgIpc) is 3.35. The Hall–Kier alpha value is -8.16. The Labute approximate surface area is 409 Å². The number of terminal acetylenes is 1. The highest BCUT2D eigenvalue weighted by atomic mass is 14.1. The molecule has 0 saturated heterocycles. The van der Waals surface area contributed by atoms with Gasteiger partial charge >= 0.3 is 0 Å². The zero-order valence-electron chi connectivity index (χ0n) is 41.6. The summed E-state index contributed by atoms with van der Waals surface area (Å²) in [5.74, 6) is 7.08. The molecule has 0 aromatic heterocycles. The van der Waals surface area contributed by atoms with Crippen LogP contribution in [0.4, 0.5) is 0 Å². The van der Waals surface area contributed by atoms with Crippen LogP contribution in [-0.2, 0) is 0 Å². The Bertz CT molecular complexity index is 3640. The fourth-order valence-electron chi connectivity index (χ4n) is 9.46. The molecule has 0 N–H and O–H groups in total. The van der Waals surface area contributed by atoms with Crippen molar-refractivity contribution in [2.24, 2.45) is 0 Å². The molecule has 0 amide bonds. The summed E-state index contributed by atoms with van der Waals surface area (Å²) < 4.78 is 0. The first-order valence-electron chi connectivity index (χ1n) is 23.9. The van der Waals surface area contributed by atoms with E-state index in [1.165, 1.54) is 131 Å². The molecule has 0 atom stereocenters. The molecule has 0 unspecified atom stereocenters. The van der Waals surface area contributed by atoms with E-state index in [4.69, 9.17) is 6.42 Å². The number of fused-ring (bicyclic) bond motifs is 12. The number of rotatable bonds is 0. The quantitative estimate of drug-likeness (QED) is 0.105. The number of hydrogen-bond donors (Lipinski definition) is 0. The van der Waals surface area contributed by atoms with Crippen LogP contribution in [0.1, 0.15) is 51.4 Å². The third kappa shape index (κ3) is 10.7. The van der Waals surface area contributed by atoms with Crippen molar-refractivity contribution in [3.63, 3.8) is 0 Å². The molecule has 0 nitrogen and oxygen atoms in total. The molecule has 0 spiro atoms. The van der Waals surface area contributed by atoms with Crippen LogP contribution in [0.15, 0.2) is 194 Å². The molecule has 0 saturated carbocycles. The molecule has 69 heavy (non-hydrogen) atoms. The highest BCUT2D eigenvalue weighted by Gasteiger charge is 2.05. The maximum atomic E-state index is 4.72. The van der Waals surface area contributed by atoms with Crippen LogP contribution in [0.5, 0.6) is 0 Å². The fraction of sp³-hybridized carbons (Fsp3) is 0.130. The van der Waals surface area contributed by atoms with E-state index in [2.05, 4.69) is 267 Å². The van der Waals surface area contributed by atoms with Crippen LogP contribution in [0, 0.1) is 79.6 Å². The van der Waals surface area contributed by atoms with E-state index in [0.29, 0.717) is 0 Å². The van der Waals surface area contributed by atoms with Crippen LogP contribution in [0.25, 0.3) is 86.2 Å². The van der Waals surface area contributed by atoms with Gasteiger partial charge in [0, 0.05) is 0 Å². The average molecular weight is 889 g/mol. The lowest BCUT2D eigenvalue weighted by Crippen LogP contribution is -1.82. The van der Waals surface area contributed by atoms with E-state index in [0.717, 1.165) is 0 Å². The normalized spacial score (nSPS) is 10.6. The summed E-state index contributed by atoms with van der Waals surface area (Å²) in [6.07, 6.45) is 4.72. The molecule has 12 aromatic carbocycles. The van der Waals surface area contributed by atoms with Crippen molar-refractivity contribution in [1.29, 1.82) is 0 Å². The predicted molar refractivity (Wildman–Crippen MR) is 306 cm³/mol. The Balaban J connectivity index is 0.000000120. The van der Waals surface area contributed by atoms with E-state index in [-0.39, 0.29) is 0 Å². The maximum absolute atomic E-state index is 4.72. The summed E-state index contributed by atoms with van der Waals surface area (Å²) in [6.45, 7) is 18.9. The molecule has 0 aliphatic rings. The van der Waals surface area contributed by atoms with Gasteiger partial charge in [0.1, 0.15) is 0 Å². The van der Waals surface area contributed by atoms with Gasteiger partial charge in [-0.15, -0.1) is 6.42 Å². The lowest BCUT2D eigenvalue weighted by atomic mass is 9.97. The van der Waals surface area contributed by atoms with Gasteiger partial charge in [0.25, 0.3) is 0 Å². The van der Waals surface area contributed by atoms with Crippen LogP contribution < -0.4 is 0 Å². The van der Waals surface area contributed by atoms with Crippen molar-refractivity contribution < 1.29 is 0 Å². The van der Waals surface area contributed by atoms with Crippen molar-refractivity contribution in [3.05, 3.63) is 239 Å². The molecule has 336 valence electrons. The second kappa shape index (κ2) is 21.2. The van der Waals surface area contributed by atoms with Crippen LogP contribution >= 0.6 is 0 Å². The van der Waals surface area contributed by atoms with Crippen LogP contribution in [0.2, 0.25) is 0 Å². The van der Waals surface area contributed by atoms with Gasteiger partial charge in [-0.2, -0.15) is 0 Å². The molecule has 0 heteroatoms. The first-order chi connectivity index (χ1) is 33.4. The SMILES string of the molecule is C#CC#CC.Cc1ccc2c(ccc3cc(C)ccc32)c1.Cc1ccc2ccc3c(C)cccc3c2c1.Cc1ccc2ccc3ccc(C)cc3c2c1.Cc1cccc2c1ccc1c(C)cccc12. The van der Waals surface area contributed by atoms with E-state index < -0.39 is 0 Å². The van der Waals surface area contributed by atoms with Crippen molar-refractivity contribution in [2.45, 2.75) is 62.3 Å². The Kier molecular flexibility index (Phi) is 14.5. The maximum Gasteiger partial charge on any atom is -0.00168 e. The van der Waals surface area contributed by atoms with E-state index in [1.54, 1.807) is 6.92 Å². The molecular weight excluding hydrogens is 829 g/mol. The van der Waals surface area contributed by atoms with Gasteiger partial charge in [-0.25, -0.2) is 0 Å². The van der Waals surface area contributed by atoms with Crippen LogP contribution in [-0.4, -0.2) is 0 Å². The summed E-state index contributed by atoms with van der Waals surface area (Å²) in [4.78, 5) is 0. The van der Waals surface area contributed by atoms with Gasteiger partial charge in [-0.1, -0.05) is 228 Å². The molecule has 12 aromatic rings. The number of aryl methyl sites for hydroxylation is 8. The Morgan fingerprint density at radius 1 is 0.261 bits per heavy atom. The third-order valence-corrected chi connectivity index (χ3v) is 13.1. The third-order valence-electron chi connectivity index (χ3n) is 13.1. The first kappa shape index (κ1) is 47.3. The van der Waals surface area contributed by atoms with E-state index in [9.17, 15) is 0 Å².